The quantitative estimate of drug-likeness (QED) is 0.844. The normalized spacial score (nSPS) is 18.4. The Morgan fingerprint density at radius 3 is 2.90 bits per heavy atom. The molecule has 1 aromatic rings. The number of hydrogen-bond acceptors (Lipinski definition) is 2. The SMILES string of the molecule is O=C(O)CC1CCCN(C(=O)Nc2ccc(Cl)c(Br)c2)C1. The summed E-state index contributed by atoms with van der Waals surface area (Å²) in [6.45, 7) is 1.13. The average molecular weight is 376 g/mol. The average Bonchev–Trinajstić information content (AvgIpc) is 2.42. The van der Waals surface area contributed by atoms with Crippen molar-refractivity contribution in [1.29, 1.82) is 0 Å². The number of likely N-dealkylation sites (tertiary alicyclic amines) is 1. The van der Waals surface area contributed by atoms with Crippen molar-refractivity contribution in [1.82, 2.24) is 4.90 Å². The second-order valence-corrected chi connectivity index (χ2v) is 6.37. The van der Waals surface area contributed by atoms with Crippen molar-refractivity contribution in [2.24, 2.45) is 5.92 Å². The molecule has 1 heterocycles. The highest BCUT2D eigenvalue weighted by Gasteiger charge is 2.25. The number of hydrogen-bond donors (Lipinski definition) is 2. The lowest BCUT2D eigenvalue weighted by Crippen LogP contribution is -2.42. The summed E-state index contributed by atoms with van der Waals surface area (Å²) in [6, 6.07) is 4.95. The number of amides is 2. The topological polar surface area (TPSA) is 69.6 Å². The zero-order valence-electron chi connectivity index (χ0n) is 11.3. The maximum absolute atomic E-state index is 12.2. The lowest BCUT2D eigenvalue weighted by molar-refractivity contribution is -0.138. The van der Waals surface area contributed by atoms with Gasteiger partial charge in [-0.1, -0.05) is 11.6 Å². The van der Waals surface area contributed by atoms with Crippen molar-refractivity contribution in [3.05, 3.63) is 27.7 Å². The molecule has 2 amide bonds. The molecule has 0 bridgehead atoms. The number of rotatable bonds is 3. The number of carbonyl (C=O) groups is 2. The summed E-state index contributed by atoms with van der Waals surface area (Å²) in [7, 11) is 0. The van der Waals surface area contributed by atoms with Gasteiger partial charge in [-0.15, -0.1) is 0 Å². The van der Waals surface area contributed by atoms with Gasteiger partial charge in [0.25, 0.3) is 0 Å². The minimum Gasteiger partial charge on any atom is -0.481 e. The van der Waals surface area contributed by atoms with Crippen LogP contribution in [0.5, 0.6) is 0 Å². The number of nitrogens with zero attached hydrogens (tertiary/aromatic N) is 1. The molecule has 0 saturated carbocycles. The first-order valence-electron chi connectivity index (χ1n) is 6.68. The zero-order valence-corrected chi connectivity index (χ0v) is 13.7. The molecule has 21 heavy (non-hydrogen) atoms. The Balaban J connectivity index is 1.96. The largest absolute Gasteiger partial charge is 0.481 e. The van der Waals surface area contributed by atoms with Gasteiger partial charge in [-0.25, -0.2) is 4.79 Å². The van der Waals surface area contributed by atoms with Crippen molar-refractivity contribution in [2.75, 3.05) is 18.4 Å². The molecule has 0 aliphatic carbocycles. The summed E-state index contributed by atoms with van der Waals surface area (Å²) >= 11 is 9.21. The highest BCUT2D eigenvalue weighted by Crippen LogP contribution is 2.26. The van der Waals surface area contributed by atoms with E-state index in [-0.39, 0.29) is 18.4 Å². The van der Waals surface area contributed by atoms with E-state index >= 15 is 0 Å². The molecule has 1 fully saturated rings. The lowest BCUT2D eigenvalue weighted by atomic mass is 9.95. The van der Waals surface area contributed by atoms with E-state index in [1.165, 1.54) is 0 Å². The van der Waals surface area contributed by atoms with Gasteiger partial charge in [0.05, 0.1) is 5.02 Å². The molecular formula is C14H16BrClN2O3. The smallest absolute Gasteiger partial charge is 0.321 e. The van der Waals surface area contributed by atoms with E-state index in [4.69, 9.17) is 16.7 Å². The number of halogens is 2. The highest BCUT2D eigenvalue weighted by molar-refractivity contribution is 9.10. The van der Waals surface area contributed by atoms with Gasteiger partial charge in [0.15, 0.2) is 0 Å². The van der Waals surface area contributed by atoms with Gasteiger partial charge in [-0.05, 0) is 52.9 Å². The number of piperidine rings is 1. The maximum atomic E-state index is 12.2. The number of nitrogens with one attached hydrogen (secondary N) is 1. The molecule has 7 heteroatoms. The van der Waals surface area contributed by atoms with E-state index in [2.05, 4.69) is 21.2 Å². The van der Waals surface area contributed by atoms with Crippen LogP contribution in [0.15, 0.2) is 22.7 Å². The minimum atomic E-state index is -0.816. The number of anilines is 1. The van der Waals surface area contributed by atoms with Crippen LogP contribution in [0.4, 0.5) is 10.5 Å². The van der Waals surface area contributed by atoms with E-state index in [0.29, 0.717) is 28.3 Å². The molecule has 114 valence electrons. The number of carboxylic acid groups (broad SMARTS) is 1. The molecule has 1 aliphatic heterocycles. The summed E-state index contributed by atoms with van der Waals surface area (Å²) in [5, 5.41) is 12.2. The molecule has 1 unspecified atom stereocenters. The van der Waals surface area contributed by atoms with Crippen molar-refractivity contribution in [2.45, 2.75) is 19.3 Å². The molecule has 5 nitrogen and oxygen atoms in total. The number of carbonyl (C=O) groups excluding carboxylic acids is 1. The fraction of sp³-hybridized carbons (Fsp3) is 0.429. The monoisotopic (exact) mass is 374 g/mol. The number of carboxylic acids is 1. The molecular weight excluding hydrogens is 360 g/mol. The number of urea groups is 1. The molecule has 2 N–H and O–H groups in total. The predicted octanol–water partition coefficient (Wildman–Crippen LogP) is 3.82. The first kappa shape index (κ1) is 16.1. The molecule has 0 radical (unpaired) electrons. The van der Waals surface area contributed by atoms with Crippen LogP contribution in [0.3, 0.4) is 0 Å². The summed E-state index contributed by atoms with van der Waals surface area (Å²) in [6.07, 6.45) is 1.79. The van der Waals surface area contributed by atoms with Gasteiger partial charge >= 0.3 is 12.0 Å². The summed E-state index contributed by atoms with van der Waals surface area (Å²) in [5.41, 5.74) is 0.650. The van der Waals surface area contributed by atoms with Crippen molar-refractivity contribution >= 4 is 45.2 Å². The third-order valence-corrected chi connectivity index (χ3v) is 4.65. The van der Waals surface area contributed by atoms with Gasteiger partial charge < -0.3 is 15.3 Å². The Morgan fingerprint density at radius 2 is 2.24 bits per heavy atom. The van der Waals surface area contributed by atoms with Gasteiger partial charge in [0, 0.05) is 29.7 Å². The van der Waals surface area contributed by atoms with Gasteiger partial charge in [-0.3, -0.25) is 4.79 Å². The summed E-state index contributed by atoms with van der Waals surface area (Å²) in [4.78, 5) is 24.6. The molecule has 1 aliphatic rings. The third kappa shape index (κ3) is 4.61. The Kier molecular flexibility index (Phi) is 5.47. The Bertz CT molecular complexity index is 553. The molecule has 1 aromatic carbocycles. The fourth-order valence-electron chi connectivity index (χ4n) is 2.44. The van der Waals surface area contributed by atoms with E-state index in [1.807, 2.05) is 0 Å². The summed E-state index contributed by atoms with van der Waals surface area (Å²) < 4.78 is 0.712. The van der Waals surface area contributed by atoms with Crippen LogP contribution in [0.1, 0.15) is 19.3 Å². The maximum Gasteiger partial charge on any atom is 0.321 e. The standard InChI is InChI=1S/C14H16BrClN2O3/c15-11-7-10(3-4-12(11)16)17-14(21)18-5-1-2-9(8-18)6-13(19)20/h3-4,7,9H,1-2,5-6,8H2,(H,17,21)(H,19,20). The van der Waals surface area contributed by atoms with Crippen molar-refractivity contribution < 1.29 is 14.7 Å². The van der Waals surface area contributed by atoms with Gasteiger partial charge in [-0.2, -0.15) is 0 Å². The van der Waals surface area contributed by atoms with Crippen LogP contribution in [0.2, 0.25) is 5.02 Å². The van der Waals surface area contributed by atoms with Crippen molar-refractivity contribution in [3.8, 4) is 0 Å². The first-order chi connectivity index (χ1) is 9.95. The van der Waals surface area contributed by atoms with Crippen LogP contribution in [0, 0.1) is 5.92 Å². The van der Waals surface area contributed by atoms with E-state index in [0.717, 1.165) is 12.8 Å². The van der Waals surface area contributed by atoms with Crippen LogP contribution in [0.25, 0.3) is 0 Å². The van der Waals surface area contributed by atoms with Crippen molar-refractivity contribution in [3.63, 3.8) is 0 Å². The fourth-order valence-corrected chi connectivity index (χ4v) is 2.94. The van der Waals surface area contributed by atoms with E-state index < -0.39 is 5.97 Å². The zero-order chi connectivity index (χ0) is 15.4. The highest BCUT2D eigenvalue weighted by atomic mass is 79.9. The minimum absolute atomic E-state index is 0.0268. The second kappa shape index (κ2) is 7.13. The van der Waals surface area contributed by atoms with Crippen LogP contribution in [-0.2, 0) is 4.79 Å². The Labute approximate surface area is 136 Å². The van der Waals surface area contributed by atoms with Gasteiger partial charge in [0.2, 0.25) is 0 Å². The first-order valence-corrected chi connectivity index (χ1v) is 7.85. The number of benzene rings is 1. The van der Waals surface area contributed by atoms with Gasteiger partial charge in [0.1, 0.15) is 0 Å². The van der Waals surface area contributed by atoms with Crippen LogP contribution in [-0.4, -0.2) is 35.1 Å². The molecule has 0 spiro atoms. The predicted molar refractivity (Wildman–Crippen MR) is 84.7 cm³/mol. The summed E-state index contributed by atoms with van der Waals surface area (Å²) in [5.74, 6) is -0.789. The van der Waals surface area contributed by atoms with E-state index in [9.17, 15) is 9.59 Å². The van der Waals surface area contributed by atoms with Crippen LogP contribution >= 0.6 is 27.5 Å². The Morgan fingerprint density at radius 1 is 1.48 bits per heavy atom. The molecule has 1 saturated heterocycles. The van der Waals surface area contributed by atoms with Crippen LogP contribution < -0.4 is 5.32 Å². The number of aliphatic carboxylic acids is 1. The Hall–Kier alpha value is -1.27. The molecule has 0 aromatic heterocycles. The third-order valence-electron chi connectivity index (χ3n) is 3.44. The molecule has 1 atom stereocenters. The lowest BCUT2D eigenvalue weighted by Gasteiger charge is -2.32. The second-order valence-electron chi connectivity index (χ2n) is 5.11. The van der Waals surface area contributed by atoms with E-state index in [1.54, 1.807) is 23.1 Å². The molecule has 2 rings (SSSR count).